The molecule has 0 spiro atoms. The molecule has 0 saturated heterocycles. The molecule has 1 aromatic rings. The van der Waals surface area contributed by atoms with Crippen LogP contribution in [0.25, 0.3) is 0 Å². The Morgan fingerprint density at radius 2 is 1.71 bits per heavy atom. The van der Waals surface area contributed by atoms with Crippen molar-refractivity contribution in [2.45, 2.75) is 51.5 Å². The summed E-state index contributed by atoms with van der Waals surface area (Å²) < 4.78 is 43.1. The first-order chi connectivity index (χ1) is 9.61. The minimum Gasteiger partial charge on any atom is -0.496 e. The summed E-state index contributed by atoms with van der Waals surface area (Å²) in [6, 6.07) is 6.91. The van der Waals surface area contributed by atoms with Crippen molar-refractivity contribution in [3.8, 4) is 5.75 Å². The van der Waals surface area contributed by atoms with Crippen LogP contribution in [-0.4, -0.2) is 25.0 Å². The predicted molar refractivity (Wildman–Crippen MR) is 73.1 cm³/mol. The SMILES string of the molecule is COc1ccccc1CC(CC(F)(F)F)OOC(C)(C)C. The topological polar surface area (TPSA) is 27.7 Å². The number of hydrogen-bond acceptors (Lipinski definition) is 3. The highest BCUT2D eigenvalue weighted by Gasteiger charge is 2.34. The Morgan fingerprint density at radius 3 is 2.24 bits per heavy atom. The highest BCUT2D eigenvalue weighted by atomic mass is 19.4. The average molecular weight is 306 g/mol. The van der Waals surface area contributed by atoms with Gasteiger partial charge < -0.3 is 4.74 Å². The molecule has 0 aliphatic carbocycles. The fourth-order valence-electron chi connectivity index (χ4n) is 1.73. The van der Waals surface area contributed by atoms with Crippen LogP contribution < -0.4 is 4.74 Å². The summed E-state index contributed by atoms with van der Waals surface area (Å²) in [5.41, 5.74) is -0.0308. The molecule has 0 aliphatic rings. The van der Waals surface area contributed by atoms with Crippen molar-refractivity contribution >= 4 is 0 Å². The highest BCUT2D eigenvalue weighted by Crippen LogP contribution is 2.28. The zero-order chi connectivity index (χ0) is 16.1. The molecule has 1 atom stereocenters. The van der Waals surface area contributed by atoms with Crippen molar-refractivity contribution in [3.63, 3.8) is 0 Å². The van der Waals surface area contributed by atoms with E-state index in [9.17, 15) is 13.2 Å². The van der Waals surface area contributed by atoms with Crippen LogP contribution in [0.5, 0.6) is 5.75 Å². The lowest BCUT2D eigenvalue weighted by molar-refractivity contribution is -0.381. The second-order valence-electron chi connectivity index (χ2n) is 5.75. The molecule has 0 radical (unpaired) electrons. The monoisotopic (exact) mass is 306 g/mol. The molecule has 0 heterocycles. The van der Waals surface area contributed by atoms with Gasteiger partial charge in [-0.2, -0.15) is 13.2 Å². The third-order valence-electron chi connectivity index (χ3n) is 2.53. The number of methoxy groups -OCH3 is 1. The minimum absolute atomic E-state index is 0.0552. The third kappa shape index (κ3) is 7.34. The van der Waals surface area contributed by atoms with Gasteiger partial charge in [-0.25, -0.2) is 9.78 Å². The second-order valence-corrected chi connectivity index (χ2v) is 5.75. The lowest BCUT2D eigenvalue weighted by Gasteiger charge is -2.24. The molecule has 120 valence electrons. The molecule has 6 heteroatoms. The van der Waals surface area contributed by atoms with Crippen molar-refractivity contribution in [1.29, 1.82) is 0 Å². The molecule has 0 N–H and O–H groups in total. The Hall–Kier alpha value is -1.27. The number of para-hydroxylation sites is 1. The third-order valence-corrected chi connectivity index (χ3v) is 2.53. The Kier molecular flexibility index (Phi) is 6.04. The van der Waals surface area contributed by atoms with E-state index in [1.807, 2.05) is 0 Å². The average Bonchev–Trinajstić information content (AvgIpc) is 2.34. The summed E-state index contributed by atoms with van der Waals surface area (Å²) in [5.74, 6) is 0.532. The van der Waals surface area contributed by atoms with Crippen LogP contribution in [0, 0.1) is 0 Å². The van der Waals surface area contributed by atoms with Crippen LogP contribution in [0.2, 0.25) is 0 Å². The maximum absolute atomic E-state index is 12.6. The predicted octanol–water partition coefficient (Wildman–Crippen LogP) is 4.31. The molecule has 0 bridgehead atoms. The fraction of sp³-hybridized carbons (Fsp3) is 0.600. The number of hydrogen-bond donors (Lipinski definition) is 0. The highest BCUT2D eigenvalue weighted by molar-refractivity contribution is 5.33. The largest absolute Gasteiger partial charge is 0.496 e. The van der Waals surface area contributed by atoms with E-state index in [1.54, 1.807) is 45.0 Å². The number of ether oxygens (including phenoxy) is 1. The second kappa shape index (κ2) is 7.13. The maximum atomic E-state index is 12.6. The molecule has 3 nitrogen and oxygen atoms in total. The Labute approximate surface area is 122 Å². The first kappa shape index (κ1) is 17.8. The van der Waals surface area contributed by atoms with Crippen LogP contribution in [-0.2, 0) is 16.2 Å². The Balaban J connectivity index is 2.81. The van der Waals surface area contributed by atoms with Gasteiger partial charge in [-0.1, -0.05) is 18.2 Å². The van der Waals surface area contributed by atoms with E-state index in [4.69, 9.17) is 14.5 Å². The zero-order valence-electron chi connectivity index (χ0n) is 12.7. The summed E-state index contributed by atoms with van der Waals surface area (Å²) in [5, 5.41) is 0. The summed E-state index contributed by atoms with van der Waals surface area (Å²) in [4.78, 5) is 10.1. The fourth-order valence-corrected chi connectivity index (χ4v) is 1.73. The van der Waals surface area contributed by atoms with Crippen LogP contribution in [0.15, 0.2) is 24.3 Å². The van der Waals surface area contributed by atoms with Gasteiger partial charge in [0.1, 0.15) is 11.9 Å². The van der Waals surface area contributed by atoms with E-state index in [2.05, 4.69) is 0 Å². The van der Waals surface area contributed by atoms with Gasteiger partial charge >= 0.3 is 6.18 Å². The van der Waals surface area contributed by atoms with Crippen molar-refractivity contribution in [1.82, 2.24) is 0 Å². The molecular weight excluding hydrogens is 285 g/mol. The molecule has 21 heavy (non-hydrogen) atoms. The molecule has 1 rings (SSSR count). The zero-order valence-corrected chi connectivity index (χ0v) is 12.7. The van der Waals surface area contributed by atoms with Crippen molar-refractivity contribution in [2.75, 3.05) is 7.11 Å². The van der Waals surface area contributed by atoms with Crippen LogP contribution >= 0.6 is 0 Å². The van der Waals surface area contributed by atoms with E-state index in [-0.39, 0.29) is 6.42 Å². The molecular formula is C15H21F3O3. The van der Waals surface area contributed by atoms with E-state index < -0.39 is 24.3 Å². The van der Waals surface area contributed by atoms with Crippen LogP contribution in [0.4, 0.5) is 13.2 Å². The summed E-state index contributed by atoms with van der Waals surface area (Å²) in [6.45, 7) is 5.13. The lowest BCUT2D eigenvalue weighted by atomic mass is 10.0. The molecule has 0 fully saturated rings. The van der Waals surface area contributed by atoms with Crippen LogP contribution in [0.1, 0.15) is 32.8 Å². The smallest absolute Gasteiger partial charge is 0.391 e. The molecule has 0 amide bonds. The number of alkyl halides is 3. The van der Waals surface area contributed by atoms with E-state index in [0.29, 0.717) is 11.3 Å². The minimum atomic E-state index is -4.33. The molecule has 0 saturated carbocycles. The molecule has 0 aliphatic heterocycles. The quantitative estimate of drug-likeness (QED) is 0.579. The number of benzene rings is 1. The van der Waals surface area contributed by atoms with Gasteiger partial charge in [-0.15, -0.1) is 0 Å². The summed E-state index contributed by atoms with van der Waals surface area (Å²) in [7, 11) is 1.48. The van der Waals surface area contributed by atoms with Crippen molar-refractivity contribution in [2.24, 2.45) is 0 Å². The van der Waals surface area contributed by atoms with E-state index in [0.717, 1.165) is 0 Å². The number of rotatable bonds is 6. The van der Waals surface area contributed by atoms with Crippen LogP contribution in [0.3, 0.4) is 0 Å². The van der Waals surface area contributed by atoms with Crippen molar-refractivity contribution in [3.05, 3.63) is 29.8 Å². The van der Waals surface area contributed by atoms with Gasteiger partial charge in [-0.3, -0.25) is 0 Å². The first-order valence-electron chi connectivity index (χ1n) is 6.64. The van der Waals surface area contributed by atoms with Gasteiger partial charge in [0.2, 0.25) is 0 Å². The molecule has 1 unspecified atom stereocenters. The van der Waals surface area contributed by atoms with E-state index in [1.165, 1.54) is 7.11 Å². The Morgan fingerprint density at radius 1 is 1.10 bits per heavy atom. The van der Waals surface area contributed by atoms with Gasteiger partial charge in [-0.05, 0) is 32.4 Å². The standard InChI is InChI=1S/C15H21F3O3/c1-14(2,3)21-20-12(10-15(16,17)18)9-11-7-5-6-8-13(11)19-4/h5-8,12H,9-10H2,1-4H3. The van der Waals surface area contributed by atoms with Gasteiger partial charge in [0.05, 0.1) is 19.1 Å². The normalized spacial score (nSPS) is 14.0. The summed E-state index contributed by atoms with van der Waals surface area (Å²) in [6.07, 6.45) is -6.48. The first-order valence-corrected chi connectivity index (χ1v) is 6.64. The van der Waals surface area contributed by atoms with Gasteiger partial charge in [0.15, 0.2) is 0 Å². The Bertz CT molecular complexity index is 439. The molecule has 0 aromatic heterocycles. The lowest BCUT2D eigenvalue weighted by Crippen LogP contribution is -2.29. The number of halogens is 3. The van der Waals surface area contributed by atoms with Gasteiger partial charge in [0, 0.05) is 6.42 Å². The van der Waals surface area contributed by atoms with Gasteiger partial charge in [0.25, 0.3) is 0 Å². The van der Waals surface area contributed by atoms with E-state index >= 15 is 0 Å². The van der Waals surface area contributed by atoms with Crippen molar-refractivity contribution < 1.29 is 27.7 Å². The molecule has 1 aromatic carbocycles. The summed E-state index contributed by atoms with van der Waals surface area (Å²) >= 11 is 0. The maximum Gasteiger partial charge on any atom is 0.391 e.